The van der Waals surface area contributed by atoms with Crippen molar-refractivity contribution < 1.29 is 32.2 Å². The molecule has 0 atom stereocenters. The van der Waals surface area contributed by atoms with Crippen molar-refractivity contribution in [3.05, 3.63) is 59.5 Å². The molecule has 5 rings (SSSR count). The molecule has 10 nitrogen and oxygen atoms in total. The summed E-state index contributed by atoms with van der Waals surface area (Å²) in [6, 6.07) is 9.22. The van der Waals surface area contributed by atoms with Crippen molar-refractivity contribution in [1.29, 1.82) is 0 Å². The molecular formula is C25H25FN4O6S. The maximum absolute atomic E-state index is 13.5. The second-order valence-corrected chi connectivity index (χ2v) is 10.9. The fourth-order valence-corrected chi connectivity index (χ4v) is 5.40. The highest BCUT2D eigenvalue weighted by molar-refractivity contribution is 7.89. The Bertz CT molecular complexity index is 1480. The number of amides is 1. The molecule has 2 aliphatic carbocycles. The largest absolute Gasteiger partial charge is 0.476 e. The molecule has 1 aromatic heterocycles. The molecule has 0 aliphatic heterocycles. The summed E-state index contributed by atoms with van der Waals surface area (Å²) >= 11 is 0. The molecule has 1 heterocycles. The summed E-state index contributed by atoms with van der Waals surface area (Å²) in [5, 5.41) is 16.5. The van der Waals surface area contributed by atoms with Gasteiger partial charge in [0.1, 0.15) is 16.5 Å². The van der Waals surface area contributed by atoms with E-state index in [1.165, 1.54) is 54.1 Å². The van der Waals surface area contributed by atoms with Crippen LogP contribution in [0.1, 0.15) is 48.2 Å². The maximum atomic E-state index is 13.5. The average molecular weight is 529 g/mol. The summed E-state index contributed by atoms with van der Waals surface area (Å²) in [7, 11) is -4.05. The van der Waals surface area contributed by atoms with Crippen molar-refractivity contribution in [2.45, 2.75) is 50.0 Å². The molecule has 0 unspecified atom stereocenters. The molecule has 2 aromatic carbocycles. The maximum Gasteiger partial charge on any atom is 0.356 e. The van der Waals surface area contributed by atoms with Crippen LogP contribution in [0.5, 0.6) is 11.6 Å². The normalized spacial score (nSPS) is 15.7. The number of carbonyl (C=O) groups is 2. The number of hydrogen-bond donors (Lipinski definition) is 3. The lowest BCUT2D eigenvalue weighted by atomic mass is 9.85. The summed E-state index contributed by atoms with van der Waals surface area (Å²) < 4.78 is 49.8. The first-order valence-corrected chi connectivity index (χ1v) is 13.3. The van der Waals surface area contributed by atoms with E-state index in [9.17, 15) is 27.5 Å². The van der Waals surface area contributed by atoms with Gasteiger partial charge in [-0.2, -0.15) is 9.78 Å². The Morgan fingerprint density at radius 2 is 1.81 bits per heavy atom. The molecule has 3 N–H and O–H groups in total. The predicted molar refractivity (Wildman–Crippen MR) is 131 cm³/mol. The zero-order valence-corrected chi connectivity index (χ0v) is 20.7. The monoisotopic (exact) mass is 528 g/mol. The predicted octanol–water partition coefficient (Wildman–Crippen LogP) is 3.99. The van der Waals surface area contributed by atoms with Crippen molar-refractivity contribution in [3.63, 3.8) is 0 Å². The summed E-state index contributed by atoms with van der Waals surface area (Å²) in [4.78, 5) is 24.0. The van der Waals surface area contributed by atoms with E-state index >= 15 is 0 Å². The van der Waals surface area contributed by atoms with Crippen LogP contribution in [-0.2, 0) is 14.8 Å². The smallest absolute Gasteiger partial charge is 0.356 e. The standard InChI is InChI=1S/C25H25FN4O6S/c1-14-22(25(32)33)28-30(19-10-5-16(26)6-11-19)24(14)36-20-12-9-18(27-23(31)15-3-2-4-15)13-21(20)37(34,35)29-17-7-8-17/h5-6,9-13,15,17,29H,2-4,7-8H2,1H3,(H,27,31)(H,32,33). The van der Waals surface area contributed by atoms with Crippen molar-refractivity contribution in [2.75, 3.05) is 5.32 Å². The minimum atomic E-state index is -4.05. The highest BCUT2D eigenvalue weighted by Gasteiger charge is 2.32. The van der Waals surface area contributed by atoms with Gasteiger partial charge in [0, 0.05) is 23.2 Å². The van der Waals surface area contributed by atoms with Gasteiger partial charge in [-0.3, -0.25) is 4.79 Å². The molecule has 0 bridgehead atoms. The molecule has 2 fully saturated rings. The molecule has 0 saturated heterocycles. The number of hydrogen-bond acceptors (Lipinski definition) is 6. The van der Waals surface area contributed by atoms with E-state index in [0.29, 0.717) is 24.2 Å². The number of benzene rings is 2. The van der Waals surface area contributed by atoms with Gasteiger partial charge < -0.3 is 15.2 Å². The molecule has 194 valence electrons. The number of aromatic nitrogens is 2. The van der Waals surface area contributed by atoms with Crippen molar-refractivity contribution in [1.82, 2.24) is 14.5 Å². The lowest BCUT2D eigenvalue weighted by Gasteiger charge is -2.24. The lowest BCUT2D eigenvalue weighted by Crippen LogP contribution is -2.28. The van der Waals surface area contributed by atoms with Crippen molar-refractivity contribution in [3.8, 4) is 17.3 Å². The lowest BCUT2D eigenvalue weighted by molar-refractivity contribution is -0.122. The molecule has 3 aromatic rings. The van der Waals surface area contributed by atoms with Gasteiger partial charge in [0.15, 0.2) is 5.69 Å². The van der Waals surface area contributed by atoms with Crippen LogP contribution in [0, 0.1) is 18.7 Å². The summed E-state index contributed by atoms with van der Waals surface area (Å²) in [6.07, 6.45) is 3.99. The first-order chi connectivity index (χ1) is 17.6. The Morgan fingerprint density at radius 1 is 1.11 bits per heavy atom. The first-order valence-electron chi connectivity index (χ1n) is 11.9. The van der Waals surface area contributed by atoms with Crippen LogP contribution in [0.2, 0.25) is 0 Å². The Labute approximate surface area is 212 Å². The van der Waals surface area contributed by atoms with E-state index in [1.807, 2.05) is 0 Å². The minimum Gasteiger partial charge on any atom is -0.476 e. The number of carboxylic acid groups (broad SMARTS) is 1. The number of ether oxygens (including phenoxy) is 1. The fourth-order valence-electron chi connectivity index (χ4n) is 3.94. The number of carbonyl (C=O) groups excluding carboxylic acids is 1. The molecule has 12 heteroatoms. The van der Waals surface area contributed by atoms with E-state index in [2.05, 4.69) is 15.1 Å². The van der Waals surface area contributed by atoms with Crippen molar-refractivity contribution >= 4 is 27.6 Å². The number of carboxylic acids is 1. The Kier molecular flexibility index (Phi) is 6.46. The Balaban J connectivity index is 1.56. The number of aromatic carboxylic acids is 1. The third-order valence-electron chi connectivity index (χ3n) is 6.42. The first kappa shape index (κ1) is 24.9. The zero-order valence-electron chi connectivity index (χ0n) is 19.9. The average Bonchev–Trinajstić information content (AvgIpc) is 3.55. The second kappa shape index (κ2) is 9.60. The van der Waals surface area contributed by atoms with Crippen LogP contribution in [0.15, 0.2) is 47.4 Å². The van der Waals surface area contributed by atoms with Gasteiger partial charge in [-0.15, -0.1) is 0 Å². The van der Waals surface area contributed by atoms with Gasteiger partial charge in [0.05, 0.1) is 5.69 Å². The summed E-state index contributed by atoms with van der Waals surface area (Å²) in [5.41, 5.74) is 0.467. The molecule has 37 heavy (non-hydrogen) atoms. The highest BCUT2D eigenvalue weighted by atomic mass is 32.2. The Morgan fingerprint density at radius 3 is 2.41 bits per heavy atom. The SMILES string of the molecule is Cc1c(C(=O)O)nn(-c2ccc(F)cc2)c1Oc1ccc(NC(=O)C2CCC2)cc1S(=O)(=O)NC1CC1. The molecule has 0 spiro atoms. The number of sulfonamides is 1. The van der Waals surface area contributed by atoms with E-state index in [-0.39, 0.29) is 45.6 Å². The van der Waals surface area contributed by atoms with Gasteiger partial charge in [-0.25, -0.2) is 22.3 Å². The number of nitrogens with one attached hydrogen (secondary N) is 2. The number of anilines is 1. The van der Waals surface area contributed by atoms with E-state index in [0.717, 1.165) is 19.3 Å². The highest BCUT2D eigenvalue weighted by Crippen LogP contribution is 2.36. The second-order valence-electron chi connectivity index (χ2n) is 9.25. The molecule has 2 saturated carbocycles. The molecule has 0 radical (unpaired) electrons. The van der Waals surface area contributed by atoms with Crippen LogP contribution in [0.25, 0.3) is 5.69 Å². The van der Waals surface area contributed by atoms with E-state index in [4.69, 9.17) is 4.74 Å². The van der Waals surface area contributed by atoms with E-state index in [1.54, 1.807) is 0 Å². The van der Waals surface area contributed by atoms with Gasteiger partial charge >= 0.3 is 5.97 Å². The summed E-state index contributed by atoms with van der Waals surface area (Å²) in [5.74, 6) is -2.19. The van der Waals surface area contributed by atoms with Crippen LogP contribution < -0.4 is 14.8 Å². The van der Waals surface area contributed by atoms with Gasteiger partial charge in [-0.1, -0.05) is 6.42 Å². The third-order valence-corrected chi connectivity index (χ3v) is 7.97. The quantitative estimate of drug-likeness (QED) is 0.382. The minimum absolute atomic E-state index is 0.0434. The van der Waals surface area contributed by atoms with Crippen LogP contribution in [0.3, 0.4) is 0 Å². The molecule has 1 amide bonds. The zero-order chi connectivity index (χ0) is 26.3. The van der Waals surface area contributed by atoms with Crippen molar-refractivity contribution in [2.24, 2.45) is 5.92 Å². The molecular weight excluding hydrogens is 503 g/mol. The van der Waals surface area contributed by atoms with E-state index < -0.39 is 21.8 Å². The van der Waals surface area contributed by atoms with Crippen LogP contribution >= 0.6 is 0 Å². The summed E-state index contributed by atoms with van der Waals surface area (Å²) in [6.45, 7) is 1.48. The van der Waals surface area contributed by atoms with Crippen LogP contribution in [-0.4, -0.2) is 41.2 Å². The Hall–Kier alpha value is -3.77. The number of nitrogens with zero attached hydrogens (tertiary/aromatic N) is 2. The third kappa shape index (κ3) is 5.20. The topological polar surface area (TPSA) is 140 Å². The van der Waals surface area contributed by atoms with Gasteiger partial charge in [0.25, 0.3) is 0 Å². The van der Waals surface area contributed by atoms with Crippen LogP contribution in [0.4, 0.5) is 10.1 Å². The van der Waals surface area contributed by atoms with Gasteiger partial charge in [0.2, 0.25) is 21.8 Å². The number of halogens is 1. The molecule has 2 aliphatic rings. The number of rotatable bonds is 9. The fraction of sp³-hybridized carbons (Fsp3) is 0.320. The van der Waals surface area contributed by atoms with Gasteiger partial charge in [-0.05, 0) is 75.1 Å².